The molecule has 0 radical (unpaired) electrons. The number of rotatable bonds is 2. The molecule has 1 N–H and O–H groups in total. The first-order chi connectivity index (χ1) is 4.88. The van der Waals surface area contributed by atoms with Gasteiger partial charge in [0, 0.05) is 0 Å². The summed E-state index contributed by atoms with van der Waals surface area (Å²) >= 11 is 2.65. The summed E-state index contributed by atoms with van der Waals surface area (Å²) in [5, 5.41) is 0.0434. The van der Waals surface area contributed by atoms with E-state index in [0.29, 0.717) is 0 Å². The van der Waals surface area contributed by atoms with Crippen LogP contribution in [0.2, 0.25) is 0 Å². The first-order valence-corrected chi connectivity index (χ1v) is 4.53. The van der Waals surface area contributed by atoms with E-state index in [1.54, 1.807) is 0 Å². The third-order valence-corrected chi connectivity index (χ3v) is 2.52. The molecule has 0 aromatic heterocycles. The highest BCUT2D eigenvalue weighted by Gasteiger charge is 2.18. The van der Waals surface area contributed by atoms with E-state index in [1.807, 2.05) is 47.3 Å². The van der Waals surface area contributed by atoms with Gasteiger partial charge in [-0.3, -0.25) is 0 Å². The molecule has 2 unspecified atom stereocenters. The number of hydrogen-bond acceptors (Lipinski definition) is 3. The lowest BCUT2D eigenvalue weighted by Gasteiger charge is -2.17. The lowest BCUT2D eigenvalue weighted by atomic mass is 10.1. The number of halogens is 1. The zero-order valence-corrected chi connectivity index (χ0v) is 8.08. The van der Waals surface area contributed by atoms with Crippen molar-refractivity contribution in [3.8, 4) is 0 Å². The van der Waals surface area contributed by atoms with Crippen LogP contribution in [0.5, 0.6) is 0 Å². The van der Waals surface area contributed by atoms with Gasteiger partial charge in [-0.2, -0.15) is 0 Å². The Kier molecular flexibility index (Phi) is 3.75. The van der Waals surface area contributed by atoms with Crippen LogP contribution in [0, 0.1) is 0 Å². The van der Waals surface area contributed by atoms with Crippen LogP contribution in [0.3, 0.4) is 0 Å². The maximum absolute atomic E-state index is 8.74. The predicted molar refractivity (Wildman–Crippen MR) is 51.2 cm³/mol. The fraction of sp³-hybridized carbons (Fsp3) is 0.333. The number of hydrogen-bond donors (Lipinski definition) is 1. The van der Waals surface area contributed by atoms with Gasteiger partial charge in [-0.25, -0.2) is 0 Å². The van der Waals surface area contributed by atoms with Gasteiger partial charge >= 0.3 is 0 Å². The summed E-state index contributed by atoms with van der Waals surface area (Å²) in [5.41, 5.74) is 0. The maximum Gasteiger partial charge on any atom is 0.110 e. The molecule has 2 nitrogen and oxygen atoms in total. The maximum atomic E-state index is 8.74. The molecule has 0 amide bonds. The van der Waals surface area contributed by atoms with E-state index in [0.717, 1.165) is 12.0 Å². The quantitative estimate of drug-likeness (QED) is 0.617. The average Bonchev–Trinajstić information content (AvgIpc) is 2.04. The van der Waals surface area contributed by atoms with E-state index < -0.39 is 0 Å². The van der Waals surface area contributed by atoms with Gasteiger partial charge in [-0.15, -0.1) is 0 Å². The van der Waals surface area contributed by atoms with Gasteiger partial charge < -0.3 is 7.62 Å². The number of allylic oxidation sites excluding steroid dienone is 2. The van der Waals surface area contributed by atoms with E-state index in [1.165, 1.54) is 0 Å². The molecular formula is C6H7IO2S. The van der Waals surface area contributed by atoms with Crippen LogP contribution in [0.25, 0.3) is 0 Å². The largest absolute Gasteiger partial charge is 0.329 e. The predicted octanol–water partition coefficient (Wildman–Crippen LogP) is 2.42. The van der Waals surface area contributed by atoms with Crippen LogP contribution >= 0.6 is 35.0 Å². The molecular weight excluding hydrogens is 263 g/mol. The molecule has 0 saturated heterocycles. The molecule has 56 valence electrons. The van der Waals surface area contributed by atoms with Gasteiger partial charge in [0.15, 0.2) is 0 Å². The molecule has 0 aromatic carbocycles. The highest BCUT2D eigenvalue weighted by Crippen LogP contribution is 2.21. The summed E-state index contributed by atoms with van der Waals surface area (Å²) in [4.78, 5) is 0. The molecule has 1 rings (SSSR count). The molecule has 0 aliphatic heterocycles. The lowest BCUT2D eigenvalue weighted by Crippen LogP contribution is -2.20. The molecule has 4 heteroatoms. The van der Waals surface area contributed by atoms with Crippen molar-refractivity contribution in [2.75, 3.05) is 0 Å². The third kappa shape index (κ3) is 1.98. The smallest absolute Gasteiger partial charge is 0.110 e. The van der Waals surface area contributed by atoms with Crippen molar-refractivity contribution in [1.82, 2.24) is 0 Å². The van der Waals surface area contributed by atoms with Crippen molar-refractivity contribution in [2.24, 2.45) is 0 Å². The minimum Gasteiger partial charge on any atom is -0.329 e. The van der Waals surface area contributed by atoms with Crippen LogP contribution in [0.15, 0.2) is 24.3 Å². The molecule has 0 spiro atoms. The summed E-state index contributed by atoms with van der Waals surface area (Å²) in [6.07, 6.45) is 7.64. The Hall–Kier alpha value is 0.480. The Morgan fingerprint density at radius 1 is 1.40 bits per heavy atom. The standard InChI is InChI=1S/C6H7IO2S/c7-9-5-3-1-2-4-6(5)10-8/h1-6,8H. The van der Waals surface area contributed by atoms with Crippen molar-refractivity contribution in [1.29, 1.82) is 0 Å². The van der Waals surface area contributed by atoms with Crippen LogP contribution in [-0.4, -0.2) is 15.9 Å². The zero-order valence-electron chi connectivity index (χ0n) is 5.11. The third-order valence-electron chi connectivity index (χ3n) is 1.26. The van der Waals surface area contributed by atoms with Crippen LogP contribution in [-0.2, 0) is 3.07 Å². The van der Waals surface area contributed by atoms with Gasteiger partial charge in [-0.1, -0.05) is 24.3 Å². The van der Waals surface area contributed by atoms with E-state index in [4.69, 9.17) is 7.62 Å². The molecule has 0 bridgehead atoms. The summed E-state index contributed by atoms with van der Waals surface area (Å²) in [5.74, 6) is 0. The first kappa shape index (κ1) is 8.58. The first-order valence-electron chi connectivity index (χ1n) is 2.81. The SMILES string of the molecule is OSC1C=CC=CC1OI. The second-order valence-electron chi connectivity index (χ2n) is 1.89. The lowest BCUT2D eigenvalue weighted by molar-refractivity contribution is 0.348. The normalized spacial score (nSPS) is 31.0. The van der Waals surface area contributed by atoms with Gasteiger partial charge in [0.2, 0.25) is 0 Å². The Bertz CT molecular complexity index is 140. The van der Waals surface area contributed by atoms with E-state index in [-0.39, 0.29) is 11.4 Å². The highest BCUT2D eigenvalue weighted by molar-refractivity contribution is 14.1. The monoisotopic (exact) mass is 270 g/mol. The van der Waals surface area contributed by atoms with Crippen molar-refractivity contribution in [3.63, 3.8) is 0 Å². The Balaban J connectivity index is 2.55. The van der Waals surface area contributed by atoms with Crippen molar-refractivity contribution >= 4 is 35.0 Å². The second-order valence-corrected chi connectivity index (χ2v) is 3.16. The van der Waals surface area contributed by atoms with Gasteiger partial charge in [-0.05, 0) is 12.0 Å². The molecule has 1 aliphatic rings. The van der Waals surface area contributed by atoms with Crippen molar-refractivity contribution in [2.45, 2.75) is 11.4 Å². The molecule has 0 saturated carbocycles. The van der Waals surface area contributed by atoms with E-state index in [2.05, 4.69) is 0 Å². The molecule has 0 fully saturated rings. The van der Waals surface area contributed by atoms with Gasteiger partial charge in [0.25, 0.3) is 0 Å². The van der Waals surface area contributed by atoms with Crippen LogP contribution in [0.1, 0.15) is 0 Å². The van der Waals surface area contributed by atoms with E-state index >= 15 is 0 Å². The highest BCUT2D eigenvalue weighted by atomic mass is 127. The zero-order chi connectivity index (χ0) is 7.40. The van der Waals surface area contributed by atoms with E-state index in [9.17, 15) is 0 Å². The fourth-order valence-corrected chi connectivity index (χ4v) is 1.85. The molecule has 0 aromatic rings. The van der Waals surface area contributed by atoms with Crippen LogP contribution < -0.4 is 0 Å². The minimum atomic E-state index is 0.000556. The molecule has 10 heavy (non-hydrogen) atoms. The van der Waals surface area contributed by atoms with Crippen molar-refractivity contribution in [3.05, 3.63) is 24.3 Å². The topological polar surface area (TPSA) is 29.5 Å². The summed E-state index contributed by atoms with van der Waals surface area (Å²) in [7, 11) is 0. The molecule has 1 aliphatic carbocycles. The molecule has 2 atom stereocenters. The second kappa shape index (κ2) is 4.38. The average molecular weight is 270 g/mol. The fourth-order valence-electron chi connectivity index (χ4n) is 0.742. The summed E-state index contributed by atoms with van der Waals surface area (Å²) < 4.78 is 13.8. The minimum absolute atomic E-state index is 0.000556. The Morgan fingerprint density at radius 3 is 2.60 bits per heavy atom. The summed E-state index contributed by atoms with van der Waals surface area (Å²) in [6.45, 7) is 0. The van der Waals surface area contributed by atoms with Gasteiger partial charge in [0.1, 0.15) is 29.1 Å². The van der Waals surface area contributed by atoms with Crippen LogP contribution in [0.4, 0.5) is 0 Å². The Morgan fingerprint density at radius 2 is 2.10 bits per heavy atom. The Labute approximate surface area is 78.2 Å². The van der Waals surface area contributed by atoms with Gasteiger partial charge in [0.05, 0.1) is 5.25 Å². The van der Waals surface area contributed by atoms with Crippen molar-refractivity contribution < 1.29 is 7.62 Å². The summed E-state index contributed by atoms with van der Waals surface area (Å²) in [6, 6.07) is 0. The molecule has 0 heterocycles.